The Labute approximate surface area is 97.8 Å². The zero-order valence-corrected chi connectivity index (χ0v) is 9.40. The molecule has 0 aliphatic heterocycles. The summed E-state index contributed by atoms with van der Waals surface area (Å²) < 4.78 is 5.33. The van der Waals surface area contributed by atoms with Gasteiger partial charge in [-0.1, -0.05) is 11.6 Å². The third kappa shape index (κ3) is 3.55. The van der Waals surface area contributed by atoms with Crippen molar-refractivity contribution in [1.29, 1.82) is 0 Å². The number of carboxylic acid groups (broad SMARTS) is 1. The van der Waals surface area contributed by atoms with Gasteiger partial charge in [-0.15, -0.1) is 0 Å². The van der Waals surface area contributed by atoms with E-state index >= 15 is 0 Å². The van der Waals surface area contributed by atoms with Crippen molar-refractivity contribution in [1.82, 2.24) is 0 Å². The lowest BCUT2D eigenvalue weighted by molar-refractivity contribution is -0.138. The first-order valence-electron chi connectivity index (χ1n) is 4.66. The Hall–Kier alpha value is -1.55. The molecule has 0 saturated heterocycles. The van der Waals surface area contributed by atoms with E-state index in [1.54, 1.807) is 19.1 Å². The minimum absolute atomic E-state index is 0.105. The predicted molar refractivity (Wildman–Crippen MR) is 59.2 cm³/mol. The van der Waals surface area contributed by atoms with Crippen LogP contribution in [-0.4, -0.2) is 23.5 Å². The standard InChI is InChI=1S/C11H11ClO4/c1-7(4-11(14)15)16-10-3-2-8(6-13)5-9(10)12/h2-3,5-7H,4H2,1H3,(H,14,15). The summed E-state index contributed by atoms with van der Waals surface area (Å²) in [5, 5.41) is 8.85. The van der Waals surface area contributed by atoms with E-state index < -0.39 is 12.1 Å². The summed E-state index contributed by atoms with van der Waals surface area (Å²) in [6.07, 6.45) is 0.0966. The van der Waals surface area contributed by atoms with Gasteiger partial charge >= 0.3 is 5.97 Å². The molecule has 1 N–H and O–H groups in total. The summed E-state index contributed by atoms with van der Waals surface area (Å²) in [7, 11) is 0. The average Bonchev–Trinajstić information content (AvgIpc) is 2.19. The van der Waals surface area contributed by atoms with Crippen molar-refractivity contribution in [3.8, 4) is 5.75 Å². The van der Waals surface area contributed by atoms with E-state index in [2.05, 4.69) is 0 Å². The SMILES string of the molecule is CC(CC(=O)O)Oc1ccc(C=O)cc1Cl. The Morgan fingerprint density at radius 3 is 2.81 bits per heavy atom. The minimum atomic E-state index is -0.937. The van der Waals surface area contributed by atoms with Crippen LogP contribution in [0.3, 0.4) is 0 Å². The minimum Gasteiger partial charge on any atom is -0.489 e. The Morgan fingerprint density at radius 1 is 1.62 bits per heavy atom. The number of halogens is 1. The van der Waals surface area contributed by atoms with Crippen molar-refractivity contribution in [3.63, 3.8) is 0 Å². The fourth-order valence-electron chi connectivity index (χ4n) is 1.19. The number of carboxylic acids is 1. The predicted octanol–water partition coefficient (Wildman–Crippen LogP) is 2.39. The van der Waals surface area contributed by atoms with E-state index in [-0.39, 0.29) is 6.42 Å². The number of benzene rings is 1. The van der Waals surface area contributed by atoms with Gasteiger partial charge in [0.1, 0.15) is 18.1 Å². The van der Waals surface area contributed by atoms with Crippen molar-refractivity contribution in [2.75, 3.05) is 0 Å². The number of carbonyl (C=O) groups excluding carboxylic acids is 1. The van der Waals surface area contributed by atoms with Crippen molar-refractivity contribution in [2.45, 2.75) is 19.4 Å². The third-order valence-corrected chi connectivity index (χ3v) is 2.18. The molecule has 0 fully saturated rings. The van der Waals surface area contributed by atoms with Crippen molar-refractivity contribution < 1.29 is 19.4 Å². The molecule has 4 nitrogen and oxygen atoms in total. The van der Waals surface area contributed by atoms with Gasteiger partial charge in [-0.2, -0.15) is 0 Å². The van der Waals surface area contributed by atoms with Crippen molar-refractivity contribution in [3.05, 3.63) is 28.8 Å². The van der Waals surface area contributed by atoms with Gasteiger partial charge in [0.15, 0.2) is 0 Å². The van der Waals surface area contributed by atoms with Gasteiger partial charge in [0.05, 0.1) is 11.4 Å². The van der Waals surface area contributed by atoms with Gasteiger partial charge in [-0.25, -0.2) is 0 Å². The fraction of sp³-hybridized carbons (Fsp3) is 0.273. The number of carbonyl (C=O) groups is 2. The Bertz CT molecular complexity index is 403. The molecule has 0 saturated carbocycles. The summed E-state index contributed by atoms with van der Waals surface area (Å²) in [5.41, 5.74) is 0.447. The molecule has 0 aliphatic carbocycles. The first kappa shape index (κ1) is 12.5. The molecule has 0 radical (unpaired) electrons. The lowest BCUT2D eigenvalue weighted by Gasteiger charge is -2.13. The molecule has 1 atom stereocenters. The van der Waals surface area contributed by atoms with E-state index in [9.17, 15) is 9.59 Å². The zero-order valence-electron chi connectivity index (χ0n) is 8.64. The van der Waals surface area contributed by atoms with Crippen LogP contribution in [0.15, 0.2) is 18.2 Å². The molecule has 86 valence electrons. The van der Waals surface area contributed by atoms with Gasteiger partial charge in [-0.05, 0) is 25.1 Å². The number of ether oxygens (including phenoxy) is 1. The second-order valence-corrected chi connectivity index (χ2v) is 3.74. The van der Waals surface area contributed by atoms with Crippen LogP contribution >= 0.6 is 11.6 Å². The number of aldehydes is 1. The van der Waals surface area contributed by atoms with Crippen LogP contribution in [0.2, 0.25) is 5.02 Å². The maximum absolute atomic E-state index is 10.5. The first-order chi connectivity index (χ1) is 7.52. The molecule has 1 rings (SSSR count). The highest BCUT2D eigenvalue weighted by Gasteiger charge is 2.11. The highest BCUT2D eigenvalue weighted by atomic mass is 35.5. The van der Waals surface area contributed by atoms with Crippen molar-refractivity contribution in [2.24, 2.45) is 0 Å². The van der Waals surface area contributed by atoms with E-state index in [1.165, 1.54) is 6.07 Å². The molecule has 0 aliphatic rings. The topological polar surface area (TPSA) is 63.6 Å². The normalized spacial score (nSPS) is 11.9. The third-order valence-electron chi connectivity index (χ3n) is 1.88. The maximum atomic E-state index is 10.5. The van der Waals surface area contributed by atoms with Crippen LogP contribution in [0.4, 0.5) is 0 Å². The number of hydrogen-bond donors (Lipinski definition) is 1. The summed E-state index contributed by atoms with van der Waals surface area (Å²) in [5.74, 6) is -0.561. The number of rotatable bonds is 5. The molecule has 16 heavy (non-hydrogen) atoms. The molecule has 0 bridgehead atoms. The Kier molecular flexibility index (Phi) is 4.31. The largest absolute Gasteiger partial charge is 0.489 e. The lowest BCUT2D eigenvalue weighted by Crippen LogP contribution is -2.16. The Balaban J connectivity index is 2.74. The summed E-state index contributed by atoms with van der Waals surface area (Å²) in [6, 6.07) is 4.57. The van der Waals surface area contributed by atoms with E-state index in [1.807, 2.05) is 0 Å². The fourth-order valence-corrected chi connectivity index (χ4v) is 1.42. The molecule has 5 heteroatoms. The van der Waals surface area contributed by atoms with E-state index in [0.29, 0.717) is 22.6 Å². The molecular formula is C11H11ClO4. The molecule has 0 spiro atoms. The average molecular weight is 243 g/mol. The second-order valence-electron chi connectivity index (χ2n) is 3.33. The second kappa shape index (κ2) is 5.51. The van der Waals surface area contributed by atoms with Gasteiger partial charge in [0.25, 0.3) is 0 Å². The van der Waals surface area contributed by atoms with Crippen molar-refractivity contribution >= 4 is 23.9 Å². The van der Waals surface area contributed by atoms with Gasteiger partial charge in [0.2, 0.25) is 0 Å². The highest BCUT2D eigenvalue weighted by molar-refractivity contribution is 6.32. The first-order valence-corrected chi connectivity index (χ1v) is 5.04. The summed E-state index contributed by atoms with van der Waals surface area (Å²) in [6.45, 7) is 1.64. The maximum Gasteiger partial charge on any atom is 0.307 e. The van der Waals surface area contributed by atoms with Crippen LogP contribution < -0.4 is 4.74 Å². The summed E-state index contributed by atoms with van der Waals surface area (Å²) >= 11 is 5.86. The Morgan fingerprint density at radius 2 is 2.31 bits per heavy atom. The monoisotopic (exact) mass is 242 g/mol. The highest BCUT2D eigenvalue weighted by Crippen LogP contribution is 2.26. The van der Waals surface area contributed by atoms with E-state index in [0.717, 1.165) is 0 Å². The zero-order chi connectivity index (χ0) is 12.1. The summed E-state index contributed by atoms with van der Waals surface area (Å²) in [4.78, 5) is 20.9. The molecule has 0 heterocycles. The molecule has 1 aromatic carbocycles. The van der Waals surface area contributed by atoms with Gasteiger partial charge < -0.3 is 9.84 Å². The molecule has 1 aromatic rings. The molecule has 0 amide bonds. The van der Waals surface area contributed by atoms with Gasteiger partial charge in [0, 0.05) is 5.56 Å². The quantitative estimate of drug-likeness (QED) is 0.806. The molecule has 0 aromatic heterocycles. The smallest absolute Gasteiger partial charge is 0.307 e. The van der Waals surface area contributed by atoms with Crippen LogP contribution in [0.5, 0.6) is 5.75 Å². The lowest BCUT2D eigenvalue weighted by atomic mass is 10.2. The number of aliphatic carboxylic acids is 1. The van der Waals surface area contributed by atoms with Gasteiger partial charge in [-0.3, -0.25) is 9.59 Å². The molecule has 1 unspecified atom stereocenters. The van der Waals surface area contributed by atoms with Crippen LogP contribution in [0.1, 0.15) is 23.7 Å². The molecular weight excluding hydrogens is 232 g/mol. The van der Waals surface area contributed by atoms with E-state index in [4.69, 9.17) is 21.4 Å². The van der Waals surface area contributed by atoms with Crippen LogP contribution in [0.25, 0.3) is 0 Å². The number of hydrogen-bond acceptors (Lipinski definition) is 3. The van der Waals surface area contributed by atoms with Crippen LogP contribution in [-0.2, 0) is 4.79 Å². The van der Waals surface area contributed by atoms with Crippen LogP contribution in [0, 0.1) is 0 Å².